The molecule has 0 spiro atoms. The van der Waals surface area contributed by atoms with E-state index >= 15 is 0 Å². The molecule has 0 amide bonds. The Morgan fingerprint density at radius 3 is 2.52 bits per heavy atom. The minimum atomic E-state index is -0.747. The van der Waals surface area contributed by atoms with Gasteiger partial charge in [-0.3, -0.25) is 13.9 Å². The molecule has 0 radical (unpaired) electrons. The zero-order valence-corrected chi connectivity index (χ0v) is 14.8. The van der Waals surface area contributed by atoms with Crippen molar-refractivity contribution in [2.24, 2.45) is 7.05 Å². The number of hydrogen-bond donors (Lipinski definition) is 0. The van der Waals surface area contributed by atoms with E-state index in [2.05, 4.69) is 0 Å². The molecule has 25 heavy (non-hydrogen) atoms. The normalized spacial score (nSPS) is 16.4. The molecule has 0 N–H and O–H groups in total. The van der Waals surface area contributed by atoms with E-state index < -0.39 is 18.2 Å². The summed E-state index contributed by atoms with van der Waals surface area (Å²) in [4.78, 5) is 26.7. The number of allylic oxidation sites excluding steroid dienone is 4. The zero-order chi connectivity index (χ0) is 18.4. The second kappa shape index (κ2) is 8.78. The molecule has 1 fully saturated rings. The first-order chi connectivity index (χ1) is 12.0. The molecule has 2 heterocycles. The van der Waals surface area contributed by atoms with Gasteiger partial charge >= 0.3 is 5.69 Å². The first kappa shape index (κ1) is 19.1. The lowest BCUT2D eigenvalue weighted by molar-refractivity contribution is 0.538. The van der Waals surface area contributed by atoms with Gasteiger partial charge in [0, 0.05) is 26.2 Å². The van der Waals surface area contributed by atoms with Crippen molar-refractivity contribution < 1.29 is 8.78 Å². The number of piperidine rings is 1. The average Bonchev–Trinajstić information content (AvgIpc) is 2.64. The van der Waals surface area contributed by atoms with E-state index in [4.69, 9.17) is 0 Å². The third kappa shape index (κ3) is 4.46. The summed E-state index contributed by atoms with van der Waals surface area (Å²) in [6.07, 6.45) is 5.68. The molecule has 0 aliphatic carbocycles. The molecule has 1 aliphatic heterocycles. The number of alkyl halides is 1. The van der Waals surface area contributed by atoms with Gasteiger partial charge in [0.2, 0.25) is 0 Å². The summed E-state index contributed by atoms with van der Waals surface area (Å²) in [5.41, 5.74) is -0.452. The van der Waals surface area contributed by atoms with Crippen LogP contribution in [0.25, 0.3) is 0 Å². The van der Waals surface area contributed by atoms with Gasteiger partial charge < -0.3 is 4.90 Å². The second-order valence-corrected chi connectivity index (χ2v) is 6.18. The Morgan fingerprint density at radius 1 is 1.24 bits per heavy atom. The zero-order valence-electron chi connectivity index (χ0n) is 14.8. The van der Waals surface area contributed by atoms with Crippen molar-refractivity contribution in [3.63, 3.8) is 0 Å². The molecule has 2 rings (SSSR count). The van der Waals surface area contributed by atoms with Gasteiger partial charge in [-0.15, -0.1) is 0 Å². The Bertz CT molecular complexity index is 772. The molecule has 1 aromatic rings. The van der Waals surface area contributed by atoms with Crippen molar-refractivity contribution in [1.29, 1.82) is 0 Å². The highest BCUT2D eigenvalue weighted by molar-refractivity contribution is 5.40. The number of halogens is 2. The molecule has 0 aromatic carbocycles. The van der Waals surface area contributed by atoms with Gasteiger partial charge in [0.05, 0.1) is 6.54 Å². The van der Waals surface area contributed by atoms with Crippen LogP contribution >= 0.6 is 0 Å². The topological polar surface area (TPSA) is 47.2 Å². The Balaban J connectivity index is 2.51. The maximum absolute atomic E-state index is 14.3. The molecule has 0 saturated carbocycles. The Kier molecular flexibility index (Phi) is 6.73. The molecule has 1 saturated heterocycles. The fourth-order valence-electron chi connectivity index (χ4n) is 3.01. The molecular formula is C18H25F2N3O2. The smallest absolute Gasteiger partial charge is 0.332 e. The molecule has 5 nitrogen and oxygen atoms in total. The largest absolute Gasteiger partial charge is 0.358 e. The molecule has 1 aromatic heterocycles. The Morgan fingerprint density at radius 2 is 1.92 bits per heavy atom. The summed E-state index contributed by atoms with van der Waals surface area (Å²) in [6.45, 7) is 2.61. The van der Waals surface area contributed by atoms with Crippen LogP contribution < -0.4 is 16.1 Å². The van der Waals surface area contributed by atoms with Crippen LogP contribution in [-0.4, -0.2) is 28.9 Å². The quantitative estimate of drug-likeness (QED) is 0.739. The van der Waals surface area contributed by atoms with Crippen molar-refractivity contribution in [2.75, 3.05) is 24.7 Å². The predicted molar refractivity (Wildman–Crippen MR) is 95.5 cm³/mol. The number of aromatic nitrogens is 2. The fraction of sp³-hybridized carbons (Fsp3) is 0.556. The average molecular weight is 353 g/mol. The van der Waals surface area contributed by atoms with Gasteiger partial charge in [-0.05, 0) is 37.3 Å². The first-order valence-electron chi connectivity index (χ1n) is 8.65. The Hall–Kier alpha value is -2.18. The summed E-state index contributed by atoms with van der Waals surface area (Å²) >= 11 is 0. The lowest BCUT2D eigenvalue weighted by Gasteiger charge is -2.31. The lowest BCUT2D eigenvalue weighted by Crippen LogP contribution is -2.43. The van der Waals surface area contributed by atoms with Gasteiger partial charge in [-0.2, -0.15) is 0 Å². The van der Waals surface area contributed by atoms with Crippen LogP contribution in [0.4, 0.5) is 14.6 Å². The van der Waals surface area contributed by atoms with Gasteiger partial charge in [0.25, 0.3) is 5.56 Å². The lowest BCUT2D eigenvalue weighted by atomic mass is 10.1. The van der Waals surface area contributed by atoms with Crippen molar-refractivity contribution in [1.82, 2.24) is 9.13 Å². The van der Waals surface area contributed by atoms with E-state index in [1.54, 1.807) is 6.92 Å². The van der Waals surface area contributed by atoms with E-state index in [9.17, 15) is 18.4 Å². The van der Waals surface area contributed by atoms with Crippen molar-refractivity contribution in [3.05, 3.63) is 50.5 Å². The summed E-state index contributed by atoms with van der Waals surface area (Å²) in [6, 6.07) is 1.44. The highest BCUT2D eigenvalue weighted by Gasteiger charge is 2.19. The van der Waals surface area contributed by atoms with Crippen LogP contribution in [0.2, 0.25) is 0 Å². The molecule has 0 bridgehead atoms. The van der Waals surface area contributed by atoms with Crippen LogP contribution in [0.3, 0.4) is 0 Å². The first-order valence-corrected chi connectivity index (χ1v) is 8.65. The number of rotatable bonds is 6. The van der Waals surface area contributed by atoms with Crippen LogP contribution in [0.1, 0.15) is 32.6 Å². The highest BCUT2D eigenvalue weighted by Crippen LogP contribution is 2.20. The van der Waals surface area contributed by atoms with Gasteiger partial charge in [0.15, 0.2) is 0 Å². The van der Waals surface area contributed by atoms with Crippen LogP contribution in [0.5, 0.6) is 0 Å². The summed E-state index contributed by atoms with van der Waals surface area (Å²) in [5, 5.41) is 0. The number of nitrogens with zero attached hydrogens (tertiary/aromatic N) is 3. The third-order valence-electron chi connectivity index (χ3n) is 4.52. The fourth-order valence-corrected chi connectivity index (χ4v) is 3.01. The standard InChI is InChI=1S/C18H25F2N3O2/c1-3-14(15(20)8-7-9-19)13-23-16(22-10-5-4-6-11-22)12-17(24)21(2)18(23)25/h7-8,12H,3-6,9-11,13H2,1-2H3/b8-7-,15-14-. The van der Waals surface area contributed by atoms with E-state index in [1.807, 2.05) is 4.90 Å². The van der Waals surface area contributed by atoms with E-state index in [0.29, 0.717) is 17.8 Å². The maximum atomic E-state index is 14.3. The van der Waals surface area contributed by atoms with Gasteiger partial charge in [0.1, 0.15) is 18.3 Å². The number of anilines is 1. The van der Waals surface area contributed by atoms with Crippen molar-refractivity contribution >= 4 is 5.82 Å². The monoisotopic (exact) mass is 353 g/mol. The van der Waals surface area contributed by atoms with Gasteiger partial charge in [-0.1, -0.05) is 13.0 Å². The van der Waals surface area contributed by atoms with Crippen LogP contribution in [0.15, 0.2) is 39.2 Å². The number of hydrogen-bond acceptors (Lipinski definition) is 3. The second-order valence-electron chi connectivity index (χ2n) is 6.18. The van der Waals surface area contributed by atoms with E-state index in [0.717, 1.165) is 49.1 Å². The molecule has 7 heteroatoms. The van der Waals surface area contributed by atoms with Crippen molar-refractivity contribution in [3.8, 4) is 0 Å². The molecule has 0 atom stereocenters. The molecular weight excluding hydrogens is 328 g/mol. The molecule has 138 valence electrons. The van der Waals surface area contributed by atoms with E-state index in [1.165, 1.54) is 17.7 Å². The predicted octanol–water partition coefficient (Wildman–Crippen LogP) is 2.70. The Labute approximate surface area is 145 Å². The summed E-state index contributed by atoms with van der Waals surface area (Å²) < 4.78 is 29.0. The van der Waals surface area contributed by atoms with Crippen molar-refractivity contribution in [2.45, 2.75) is 39.2 Å². The summed E-state index contributed by atoms with van der Waals surface area (Å²) in [5.74, 6) is -0.00785. The molecule has 1 aliphatic rings. The van der Waals surface area contributed by atoms with Crippen LogP contribution in [0, 0.1) is 0 Å². The minimum Gasteiger partial charge on any atom is -0.358 e. The van der Waals surface area contributed by atoms with Crippen LogP contribution in [-0.2, 0) is 13.6 Å². The van der Waals surface area contributed by atoms with E-state index in [-0.39, 0.29) is 12.1 Å². The summed E-state index contributed by atoms with van der Waals surface area (Å²) in [7, 11) is 1.41. The minimum absolute atomic E-state index is 0.0394. The molecule has 0 unspecified atom stereocenters. The van der Waals surface area contributed by atoms with Gasteiger partial charge in [-0.25, -0.2) is 13.6 Å². The maximum Gasteiger partial charge on any atom is 0.332 e. The third-order valence-corrected chi connectivity index (χ3v) is 4.52. The SMILES string of the molecule is CC/C(Cn1c(N2CCCCC2)cc(=O)n(C)c1=O)=C(F)\C=C/CF. The highest BCUT2D eigenvalue weighted by atomic mass is 19.1.